The first kappa shape index (κ1) is 23.0. The summed E-state index contributed by atoms with van der Waals surface area (Å²) < 4.78 is 67.6. The van der Waals surface area contributed by atoms with Crippen LogP contribution in [0.5, 0.6) is 0 Å². The second-order valence-corrected chi connectivity index (χ2v) is 8.72. The minimum absolute atomic E-state index is 0.0377. The highest BCUT2D eigenvalue weighted by atomic mass is 32.2. The molecule has 0 saturated heterocycles. The summed E-state index contributed by atoms with van der Waals surface area (Å²) in [5.41, 5.74) is 0.176. The van der Waals surface area contributed by atoms with E-state index >= 15 is 0 Å². The number of H-pyrrole nitrogens is 1. The summed E-state index contributed by atoms with van der Waals surface area (Å²) in [5, 5.41) is 0.573. The summed E-state index contributed by atoms with van der Waals surface area (Å²) in [6.07, 6.45) is -0.111. The predicted octanol–water partition coefficient (Wildman–Crippen LogP) is 5.73. The summed E-state index contributed by atoms with van der Waals surface area (Å²) in [6, 6.07) is 10.8. The molecule has 0 bridgehead atoms. The average molecular weight is 453 g/mol. The van der Waals surface area contributed by atoms with E-state index in [0.717, 1.165) is 12.1 Å². The molecule has 0 amide bonds. The van der Waals surface area contributed by atoms with Gasteiger partial charge >= 0.3 is 6.18 Å². The maximum absolute atomic E-state index is 12.6. The molecule has 0 fully saturated rings. The quantitative estimate of drug-likeness (QED) is 0.242. The highest BCUT2D eigenvalue weighted by molar-refractivity contribution is 7.87. The van der Waals surface area contributed by atoms with Crippen LogP contribution in [0.25, 0.3) is 10.9 Å². The van der Waals surface area contributed by atoms with E-state index in [2.05, 4.69) is 4.98 Å². The predicted molar refractivity (Wildman–Crippen MR) is 110 cm³/mol. The third-order valence-corrected chi connectivity index (χ3v) is 6.27. The lowest BCUT2D eigenvalue weighted by Gasteiger charge is -2.08. The van der Waals surface area contributed by atoms with Crippen molar-refractivity contribution in [1.82, 2.24) is 4.98 Å². The Bertz CT molecular complexity index is 1140. The number of benzene rings is 2. The normalized spacial score (nSPS) is 12.4. The second kappa shape index (κ2) is 9.65. The number of halogens is 3. The molecule has 3 aromatic rings. The van der Waals surface area contributed by atoms with Gasteiger partial charge < -0.3 is 4.98 Å². The van der Waals surface area contributed by atoms with Crippen LogP contribution in [0.3, 0.4) is 0 Å². The molecule has 166 valence electrons. The molecular formula is C22H22F3NO4S. The van der Waals surface area contributed by atoms with E-state index in [0.29, 0.717) is 36.6 Å². The van der Waals surface area contributed by atoms with Crippen LogP contribution in [0.1, 0.15) is 48.0 Å². The van der Waals surface area contributed by atoms with Crippen LogP contribution in [0.4, 0.5) is 13.2 Å². The van der Waals surface area contributed by atoms with E-state index < -0.39 is 21.9 Å². The lowest BCUT2D eigenvalue weighted by molar-refractivity contribution is -0.137. The molecule has 0 atom stereocenters. The number of aromatic amines is 1. The van der Waals surface area contributed by atoms with E-state index in [1.165, 1.54) is 18.2 Å². The molecule has 0 saturated carbocycles. The third kappa shape index (κ3) is 5.95. The van der Waals surface area contributed by atoms with Crippen molar-refractivity contribution in [3.8, 4) is 0 Å². The Morgan fingerprint density at radius 1 is 0.935 bits per heavy atom. The second-order valence-electron chi connectivity index (χ2n) is 7.13. The van der Waals surface area contributed by atoms with Gasteiger partial charge in [0.2, 0.25) is 0 Å². The highest BCUT2D eigenvalue weighted by Crippen LogP contribution is 2.29. The Kier molecular flexibility index (Phi) is 7.17. The van der Waals surface area contributed by atoms with Gasteiger partial charge in [-0.1, -0.05) is 31.0 Å². The van der Waals surface area contributed by atoms with Gasteiger partial charge in [-0.3, -0.25) is 8.98 Å². The number of fused-ring (bicyclic) bond motifs is 1. The smallest absolute Gasteiger partial charge is 0.361 e. The molecule has 1 heterocycles. The van der Waals surface area contributed by atoms with E-state index in [1.807, 2.05) is 0 Å². The molecule has 1 aromatic heterocycles. The summed E-state index contributed by atoms with van der Waals surface area (Å²) in [4.78, 5) is 15.2. The van der Waals surface area contributed by atoms with Crippen LogP contribution < -0.4 is 0 Å². The largest absolute Gasteiger partial charge is 0.416 e. The molecule has 0 spiro atoms. The van der Waals surface area contributed by atoms with Gasteiger partial charge in [0.05, 0.1) is 12.2 Å². The first-order valence-electron chi connectivity index (χ1n) is 9.84. The molecule has 2 aromatic carbocycles. The van der Waals surface area contributed by atoms with Gasteiger partial charge in [0, 0.05) is 29.1 Å². The summed E-state index contributed by atoms with van der Waals surface area (Å²) >= 11 is 0. The van der Waals surface area contributed by atoms with Gasteiger partial charge in [-0.15, -0.1) is 0 Å². The number of carbonyl (C=O) groups is 1. The van der Waals surface area contributed by atoms with Crippen molar-refractivity contribution >= 4 is 26.8 Å². The van der Waals surface area contributed by atoms with E-state index in [9.17, 15) is 26.4 Å². The fourth-order valence-corrected chi connectivity index (χ4v) is 4.39. The van der Waals surface area contributed by atoms with Crippen molar-refractivity contribution in [2.45, 2.75) is 43.2 Å². The molecule has 0 aliphatic carbocycles. The number of ketones is 1. The van der Waals surface area contributed by atoms with Crippen LogP contribution in [-0.4, -0.2) is 25.8 Å². The lowest BCUT2D eigenvalue weighted by atomic mass is 10.0. The Labute approximate surface area is 178 Å². The van der Waals surface area contributed by atoms with Crippen molar-refractivity contribution in [3.63, 3.8) is 0 Å². The molecule has 0 aliphatic rings. The van der Waals surface area contributed by atoms with Gasteiger partial charge in [-0.25, -0.2) is 0 Å². The average Bonchev–Trinajstić information content (AvgIpc) is 3.21. The number of hydrogen-bond donors (Lipinski definition) is 1. The summed E-state index contributed by atoms with van der Waals surface area (Å²) in [6.45, 7) is 0.0377. The van der Waals surface area contributed by atoms with Gasteiger partial charge in [0.1, 0.15) is 4.90 Å². The Balaban J connectivity index is 1.38. The van der Waals surface area contributed by atoms with Crippen LogP contribution in [0.15, 0.2) is 59.6 Å². The lowest BCUT2D eigenvalue weighted by Crippen LogP contribution is -2.08. The fourth-order valence-electron chi connectivity index (χ4n) is 3.24. The molecule has 0 unspecified atom stereocenters. The number of alkyl halides is 3. The zero-order valence-corrected chi connectivity index (χ0v) is 17.4. The monoisotopic (exact) mass is 453 g/mol. The number of aromatic nitrogens is 1. The number of unbranched alkanes of at least 4 members (excludes halogenated alkanes) is 3. The third-order valence-electron chi connectivity index (χ3n) is 4.90. The minimum atomic E-state index is -4.43. The van der Waals surface area contributed by atoms with Crippen molar-refractivity contribution in [1.29, 1.82) is 0 Å². The van der Waals surface area contributed by atoms with Gasteiger partial charge in [0.25, 0.3) is 10.1 Å². The fraction of sp³-hybridized carbons (Fsp3) is 0.318. The number of nitrogens with one attached hydrogen (secondary N) is 1. The molecule has 31 heavy (non-hydrogen) atoms. The number of hydrogen-bond acceptors (Lipinski definition) is 4. The molecule has 9 heteroatoms. The standard InChI is InChI=1S/C22H22F3NO4S/c23-22(24,25)17-11-9-16(10-12-17)20(27)7-3-1-2-4-15-30-31(28,29)21-8-5-6-19-18(21)13-14-26-19/h5-6,8-14,26H,1-4,7,15H2. The summed E-state index contributed by atoms with van der Waals surface area (Å²) in [7, 11) is -3.87. The van der Waals surface area contributed by atoms with Crippen LogP contribution in [0, 0.1) is 0 Å². The number of rotatable bonds is 10. The van der Waals surface area contributed by atoms with Crippen LogP contribution in [0.2, 0.25) is 0 Å². The Hall–Kier alpha value is -2.65. The van der Waals surface area contributed by atoms with Gasteiger partial charge in [-0.05, 0) is 43.2 Å². The number of carbonyl (C=O) groups excluding carboxylic acids is 1. The molecule has 1 N–H and O–H groups in total. The van der Waals surface area contributed by atoms with Gasteiger partial charge in [0.15, 0.2) is 5.78 Å². The maximum Gasteiger partial charge on any atom is 0.416 e. The SMILES string of the molecule is O=C(CCCCCCOS(=O)(=O)c1cccc2[nH]ccc12)c1ccc(C(F)(F)F)cc1. The zero-order valence-electron chi connectivity index (χ0n) is 16.6. The van der Waals surface area contributed by atoms with E-state index in [-0.39, 0.29) is 29.3 Å². The van der Waals surface area contributed by atoms with Crippen molar-refractivity contribution in [2.24, 2.45) is 0 Å². The highest BCUT2D eigenvalue weighted by Gasteiger charge is 2.30. The zero-order chi connectivity index (χ0) is 22.5. The molecule has 0 aliphatic heterocycles. The first-order chi connectivity index (χ1) is 14.7. The van der Waals surface area contributed by atoms with Crippen LogP contribution in [-0.2, 0) is 20.5 Å². The van der Waals surface area contributed by atoms with Gasteiger partial charge in [-0.2, -0.15) is 21.6 Å². The molecule has 3 rings (SSSR count). The summed E-state index contributed by atoms with van der Waals surface area (Å²) in [5.74, 6) is -0.216. The molecule has 0 radical (unpaired) electrons. The van der Waals surface area contributed by atoms with Crippen LogP contribution >= 0.6 is 0 Å². The van der Waals surface area contributed by atoms with Crippen molar-refractivity contribution in [3.05, 3.63) is 65.9 Å². The number of Topliss-reactive ketones (excluding diaryl/α,β-unsaturated/α-hetero) is 1. The Morgan fingerprint density at radius 3 is 2.35 bits per heavy atom. The first-order valence-corrected chi connectivity index (χ1v) is 11.3. The topological polar surface area (TPSA) is 76.2 Å². The Morgan fingerprint density at radius 2 is 1.65 bits per heavy atom. The van der Waals surface area contributed by atoms with Crippen molar-refractivity contribution in [2.75, 3.05) is 6.61 Å². The molecular weight excluding hydrogens is 431 g/mol. The van der Waals surface area contributed by atoms with E-state index in [1.54, 1.807) is 24.4 Å². The van der Waals surface area contributed by atoms with E-state index in [4.69, 9.17) is 4.18 Å². The maximum atomic E-state index is 12.6. The molecule has 5 nitrogen and oxygen atoms in total. The van der Waals surface area contributed by atoms with Crippen molar-refractivity contribution < 1.29 is 30.6 Å². The minimum Gasteiger partial charge on any atom is -0.361 e.